The van der Waals surface area contributed by atoms with Crippen molar-refractivity contribution in [2.24, 2.45) is 0 Å². The average molecular weight is 325 g/mol. The maximum atomic E-state index is 13.1. The van der Waals surface area contributed by atoms with Crippen LogP contribution in [-0.4, -0.2) is 10.8 Å². The van der Waals surface area contributed by atoms with Crippen molar-refractivity contribution in [3.63, 3.8) is 0 Å². The third-order valence-electron chi connectivity index (χ3n) is 3.92. The summed E-state index contributed by atoms with van der Waals surface area (Å²) in [6.07, 6.45) is 1.82. The molecule has 120 valence electrons. The van der Waals surface area contributed by atoms with E-state index in [1.807, 2.05) is 78.9 Å². The van der Waals surface area contributed by atoms with E-state index < -0.39 is 0 Å². The van der Waals surface area contributed by atoms with Crippen LogP contribution >= 0.6 is 0 Å². The van der Waals surface area contributed by atoms with Gasteiger partial charge in [-0.25, -0.2) is 4.98 Å². The summed E-state index contributed by atoms with van der Waals surface area (Å²) in [5.41, 5.74) is 3.36. The van der Waals surface area contributed by atoms with Gasteiger partial charge >= 0.3 is 0 Å². The largest absolute Gasteiger partial charge is 0.436 e. The molecule has 0 saturated heterocycles. The number of allylic oxidation sites excluding steroid dienone is 1. The number of para-hydroxylation sites is 2. The number of oxazole rings is 1. The fourth-order valence-corrected chi connectivity index (χ4v) is 2.67. The normalized spacial score (nSPS) is 11.6. The van der Waals surface area contributed by atoms with E-state index in [9.17, 15) is 4.79 Å². The molecule has 1 aromatic heterocycles. The molecule has 4 rings (SSSR count). The number of carbonyl (C=O) groups is 1. The van der Waals surface area contributed by atoms with Crippen LogP contribution in [-0.2, 0) is 0 Å². The van der Waals surface area contributed by atoms with Crippen molar-refractivity contribution in [2.45, 2.75) is 0 Å². The molecule has 0 unspecified atom stereocenters. The second-order valence-corrected chi connectivity index (χ2v) is 5.65. The van der Waals surface area contributed by atoms with Crippen molar-refractivity contribution in [1.82, 2.24) is 4.98 Å². The van der Waals surface area contributed by atoms with E-state index in [1.165, 1.54) is 0 Å². The Hall–Kier alpha value is -3.46. The van der Waals surface area contributed by atoms with Crippen LogP contribution in [0.5, 0.6) is 0 Å². The Bertz CT molecular complexity index is 1010. The second kappa shape index (κ2) is 6.57. The minimum Gasteiger partial charge on any atom is -0.436 e. The van der Waals surface area contributed by atoms with E-state index in [4.69, 9.17) is 4.42 Å². The Kier molecular flexibility index (Phi) is 3.97. The molecule has 0 atom stereocenters. The van der Waals surface area contributed by atoms with Crippen molar-refractivity contribution in [3.05, 3.63) is 102 Å². The molecule has 0 fully saturated rings. The number of rotatable bonds is 4. The van der Waals surface area contributed by atoms with Gasteiger partial charge in [-0.1, -0.05) is 72.8 Å². The zero-order chi connectivity index (χ0) is 17.1. The molecule has 0 spiro atoms. The predicted molar refractivity (Wildman–Crippen MR) is 99.1 cm³/mol. The van der Waals surface area contributed by atoms with Gasteiger partial charge < -0.3 is 4.42 Å². The molecule has 0 saturated carbocycles. The van der Waals surface area contributed by atoms with Crippen molar-refractivity contribution < 1.29 is 9.21 Å². The van der Waals surface area contributed by atoms with E-state index >= 15 is 0 Å². The molecule has 0 bridgehead atoms. The maximum Gasteiger partial charge on any atom is 0.231 e. The minimum atomic E-state index is -0.115. The van der Waals surface area contributed by atoms with Crippen LogP contribution in [0, 0.1) is 0 Å². The molecule has 0 amide bonds. The lowest BCUT2D eigenvalue weighted by Gasteiger charge is -2.04. The topological polar surface area (TPSA) is 43.1 Å². The van der Waals surface area contributed by atoms with Crippen LogP contribution in [0.4, 0.5) is 0 Å². The van der Waals surface area contributed by atoms with Crippen LogP contribution in [0.3, 0.4) is 0 Å². The molecular weight excluding hydrogens is 310 g/mol. The van der Waals surface area contributed by atoms with Gasteiger partial charge in [-0.05, 0) is 23.8 Å². The summed E-state index contributed by atoms with van der Waals surface area (Å²) in [7, 11) is 0. The summed E-state index contributed by atoms with van der Waals surface area (Å²) in [6, 6.07) is 26.4. The second-order valence-electron chi connectivity index (χ2n) is 5.65. The lowest BCUT2D eigenvalue weighted by molar-refractivity contribution is 0.105. The predicted octanol–water partition coefficient (Wildman–Crippen LogP) is 5.25. The van der Waals surface area contributed by atoms with Gasteiger partial charge in [0.2, 0.25) is 5.89 Å². The lowest BCUT2D eigenvalue weighted by Crippen LogP contribution is -2.03. The first-order valence-corrected chi connectivity index (χ1v) is 8.04. The molecule has 3 nitrogen and oxygen atoms in total. The quantitative estimate of drug-likeness (QED) is 0.380. The molecule has 0 aliphatic rings. The van der Waals surface area contributed by atoms with E-state index in [2.05, 4.69) is 4.98 Å². The summed E-state index contributed by atoms with van der Waals surface area (Å²) in [6.45, 7) is 0. The maximum absolute atomic E-state index is 13.1. The van der Waals surface area contributed by atoms with Gasteiger partial charge in [-0.2, -0.15) is 0 Å². The van der Waals surface area contributed by atoms with Gasteiger partial charge in [0.1, 0.15) is 5.52 Å². The first-order valence-electron chi connectivity index (χ1n) is 8.04. The van der Waals surface area contributed by atoms with Gasteiger partial charge in [0.15, 0.2) is 11.4 Å². The fraction of sp³-hybridized carbons (Fsp3) is 0. The van der Waals surface area contributed by atoms with Crippen LogP contribution in [0.15, 0.2) is 89.3 Å². The van der Waals surface area contributed by atoms with Crippen LogP contribution < -0.4 is 0 Å². The molecule has 0 N–H and O–H groups in total. The average Bonchev–Trinajstić information content (AvgIpc) is 3.11. The highest BCUT2D eigenvalue weighted by molar-refractivity contribution is 6.31. The number of carbonyl (C=O) groups excluding carboxylic acids is 1. The lowest BCUT2D eigenvalue weighted by atomic mass is 10.0. The standard InChI is InChI=1S/C22H15NO2/c24-21(17-11-5-2-6-12-17)18(15-16-9-3-1-4-10-16)22-23-19-13-7-8-14-20(19)25-22/h1-15H/b18-15-. The number of ketones is 1. The van der Waals surface area contributed by atoms with E-state index in [-0.39, 0.29) is 5.78 Å². The van der Waals surface area contributed by atoms with E-state index in [0.29, 0.717) is 22.6 Å². The van der Waals surface area contributed by atoms with E-state index in [1.54, 1.807) is 12.1 Å². The van der Waals surface area contributed by atoms with Crippen molar-refractivity contribution in [2.75, 3.05) is 0 Å². The van der Waals surface area contributed by atoms with Crippen LogP contribution in [0.1, 0.15) is 21.8 Å². The summed E-state index contributed by atoms with van der Waals surface area (Å²) >= 11 is 0. The number of benzene rings is 3. The van der Waals surface area contributed by atoms with Gasteiger partial charge in [0.05, 0.1) is 5.57 Å². The van der Waals surface area contributed by atoms with Crippen LogP contribution in [0.25, 0.3) is 22.7 Å². The van der Waals surface area contributed by atoms with Crippen molar-refractivity contribution >= 4 is 28.5 Å². The molecule has 0 aliphatic carbocycles. The first-order chi connectivity index (χ1) is 12.3. The zero-order valence-corrected chi connectivity index (χ0v) is 13.4. The third-order valence-corrected chi connectivity index (χ3v) is 3.92. The highest BCUT2D eigenvalue weighted by atomic mass is 16.3. The molecule has 3 heteroatoms. The molecule has 1 heterocycles. The summed E-state index contributed by atoms with van der Waals surface area (Å²) in [5, 5.41) is 0. The summed E-state index contributed by atoms with van der Waals surface area (Å²) in [4.78, 5) is 17.6. The fourth-order valence-electron chi connectivity index (χ4n) is 2.67. The summed E-state index contributed by atoms with van der Waals surface area (Å²) < 4.78 is 5.84. The SMILES string of the molecule is O=C(/C(=C/c1ccccc1)c1nc2ccccc2o1)c1ccccc1. The van der Waals surface area contributed by atoms with Gasteiger partial charge in [-0.3, -0.25) is 4.79 Å². The van der Waals surface area contributed by atoms with Crippen LogP contribution in [0.2, 0.25) is 0 Å². The van der Waals surface area contributed by atoms with Gasteiger partial charge in [0, 0.05) is 5.56 Å². The first kappa shape index (κ1) is 15.1. The Balaban J connectivity index is 1.86. The van der Waals surface area contributed by atoms with Gasteiger partial charge in [-0.15, -0.1) is 0 Å². The number of hydrogen-bond donors (Lipinski definition) is 0. The van der Waals surface area contributed by atoms with Crippen molar-refractivity contribution in [1.29, 1.82) is 0 Å². The monoisotopic (exact) mass is 325 g/mol. The smallest absolute Gasteiger partial charge is 0.231 e. The summed E-state index contributed by atoms with van der Waals surface area (Å²) in [5.74, 6) is 0.218. The molecule has 0 radical (unpaired) electrons. The number of fused-ring (bicyclic) bond motifs is 1. The Morgan fingerprint density at radius 3 is 2.16 bits per heavy atom. The molecule has 0 aliphatic heterocycles. The highest BCUT2D eigenvalue weighted by Crippen LogP contribution is 2.26. The molecule has 3 aromatic carbocycles. The zero-order valence-electron chi connectivity index (χ0n) is 13.4. The highest BCUT2D eigenvalue weighted by Gasteiger charge is 2.19. The third kappa shape index (κ3) is 3.12. The molecule has 25 heavy (non-hydrogen) atoms. The molecular formula is C22H15NO2. The number of aromatic nitrogens is 1. The number of nitrogens with zero attached hydrogens (tertiary/aromatic N) is 1. The number of hydrogen-bond acceptors (Lipinski definition) is 3. The van der Waals surface area contributed by atoms with Gasteiger partial charge in [0.25, 0.3) is 0 Å². The van der Waals surface area contributed by atoms with E-state index in [0.717, 1.165) is 11.1 Å². The Labute approximate surface area is 145 Å². The Morgan fingerprint density at radius 2 is 1.44 bits per heavy atom. The Morgan fingerprint density at radius 1 is 0.800 bits per heavy atom. The molecule has 4 aromatic rings. The number of Topliss-reactive ketones (excluding diaryl/α,β-unsaturated/α-hetero) is 1. The minimum absolute atomic E-state index is 0.115. The van der Waals surface area contributed by atoms with Crippen molar-refractivity contribution in [3.8, 4) is 0 Å².